The van der Waals surface area contributed by atoms with Gasteiger partial charge in [0.2, 0.25) is 5.91 Å². The molecule has 1 aliphatic carbocycles. The maximum absolute atomic E-state index is 13.2. The van der Waals surface area contributed by atoms with Crippen molar-refractivity contribution in [2.24, 2.45) is 0 Å². The number of carbonyl (C=O) groups excluding carboxylic acids is 1. The summed E-state index contributed by atoms with van der Waals surface area (Å²) >= 11 is 1.42. The van der Waals surface area contributed by atoms with Gasteiger partial charge in [-0.3, -0.25) is 4.79 Å². The molecular weight excluding hydrogens is 387 g/mol. The van der Waals surface area contributed by atoms with Crippen molar-refractivity contribution < 1.29 is 9.18 Å². The summed E-state index contributed by atoms with van der Waals surface area (Å²) in [4.78, 5) is 14.8. The van der Waals surface area contributed by atoms with Gasteiger partial charge in [-0.2, -0.15) is 0 Å². The number of amides is 1. The summed E-state index contributed by atoms with van der Waals surface area (Å²) in [5.41, 5.74) is 2.11. The number of carbonyl (C=O) groups is 1. The van der Waals surface area contributed by atoms with Gasteiger partial charge in [0, 0.05) is 12.6 Å². The van der Waals surface area contributed by atoms with Gasteiger partial charge in [0.25, 0.3) is 0 Å². The van der Waals surface area contributed by atoms with Crippen LogP contribution in [0.3, 0.4) is 0 Å². The molecule has 1 heterocycles. The number of thioether (sulfide) groups is 1. The van der Waals surface area contributed by atoms with E-state index >= 15 is 0 Å². The number of aryl methyl sites for hydroxylation is 1. The van der Waals surface area contributed by atoms with Crippen molar-refractivity contribution in [3.05, 3.63) is 77.4 Å². The first-order valence-corrected chi connectivity index (χ1v) is 10.7. The number of halogens is 1. The lowest BCUT2D eigenvalue weighted by Gasteiger charge is -2.22. The third-order valence-corrected chi connectivity index (χ3v) is 5.94. The topological polar surface area (TPSA) is 51.0 Å². The fourth-order valence-electron chi connectivity index (χ4n) is 3.22. The fourth-order valence-corrected chi connectivity index (χ4v) is 4.09. The molecule has 150 valence electrons. The lowest BCUT2D eigenvalue weighted by Crippen LogP contribution is -2.34. The first kappa shape index (κ1) is 19.6. The highest BCUT2D eigenvalue weighted by molar-refractivity contribution is 7.99. The van der Waals surface area contributed by atoms with Gasteiger partial charge >= 0.3 is 0 Å². The molecule has 0 saturated heterocycles. The molecule has 0 bridgehead atoms. The molecule has 0 radical (unpaired) electrons. The highest BCUT2D eigenvalue weighted by Crippen LogP contribution is 2.30. The zero-order chi connectivity index (χ0) is 20.2. The molecule has 29 heavy (non-hydrogen) atoms. The fraction of sp³-hybridized carbons (Fsp3) is 0.318. The van der Waals surface area contributed by atoms with Crippen LogP contribution in [-0.4, -0.2) is 37.4 Å². The second kappa shape index (κ2) is 8.78. The normalized spacial score (nSPS) is 13.4. The molecule has 1 aliphatic rings. The molecule has 4 rings (SSSR count). The van der Waals surface area contributed by atoms with Crippen LogP contribution in [0.5, 0.6) is 0 Å². The second-order valence-corrected chi connectivity index (χ2v) is 8.21. The van der Waals surface area contributed by atoms with Gasteiger partial charge in [-0.05, 0) is 43.0 Å². The van der Waals surface area contributed by atoms with Gasteiger partial charge in [-0.25, -0.2) is 4.39 Å². The van der Waals surface area contributed by atoms with Crippen LogP contribution in [0.4, 0.5) is 4.39 Å². The molecule has 0 atom stereocenters. The van der Waals surface area contributed by atoms with Crippen molar-refractivity contribution in [1.29, 1.82) is 0 Å². The number of nitrogens with zero attached hydrogens (tertiary/aromatic N) is 4. The molecule has 5 nitrogen and oxygen atoms in total. The van der Waals surface area contributed by atoms with Crippen LogP contribution in [0, 0.1) is 12.7 Å². The zero-order valence-electron chi connectivity index (χ0n) is 16.3. The Hall–Kier alpha value is -2.67. The molecule has 0 unspecified atom stereocenters. The van der Waals surface area contributed by atoms with Crippen molar-refractivity contribution in [2.45, 2.75) is 44.1 Å². The maximum Gasteiger partial charge on any atom is 0.233 e. The Balaban J connectivity index is 1.41. The molecular formula is C22H23FN4OS. The Morgan fingerprint density at radius 1 is 1.10 bits per heavy atom. The van der Waals surface area contributed by atoms with Crippen LogP contribution in [0.25, 0.3) is 0 Å². The van der Waals surface area contributed by atoms with Crippen LogP contribution in [0.2, 0.25) is 0 Å². The average Bonchev–Trinajstić information content (AvgIpc) is 3.52. The van der Waals surface area contributed by atoms with E-state index in [0.717, 1.165) is 29.4 Å². The van der Waals surface area contributed by atoms with Gasteiger partial charge in [-0.15, -0.1) is 10.2 Å². The maximum atomic E-state index is 13.2. The molecule has 1 saturated carbocycles. The summed E-state index contributed by atoms with van der Waals surface area (Å²) < 4.78 is 15.2. The SMILES string of the molecule is Cc1nnc(SCC(=O)N(Cc2ccc(F)cc2)C2CC2)n1Cc1ccccc1. The second-order valence-electron chi connectivity index (χ2n) is 7.27. The Bertz CT molecular complexity index is 970. The van der Waals surface area contributed by atoms with Crippen molar-refractivity contribution in [2.75, 3.05) is 5.75 Å². The Kier molecular flexibility index (Phi) is 5.94. The van der Waals surface area contributed by atoms with Crippen molar-refractivity contribution in [3.8, 4) is 0 Å². The van der Waals surface area contributed by atoms with E-state index in [1.165, 1.54) is 29.5 Å². The zero-order valence-corrected chi connectivity index (χ0v) is 17.1. The highest BCUT2D eigenvalue weighted by atomic mass is 32.2. The molecule has 1 amide bonds. The van der Waals surface area contributed by atoms with Crippen LogP contribution in [0.1, 0.15) is 29.8 Å². The number of rotatable bonds is 8. The van der Waals surface area contributed by atoms with Gasteiger partial charge in [0.05, 0.1) is 12.3 Å². The summed E-state index contributed by atoms with van der Waals surface area (Å²) in [6, 6.07) is 16.8. The Labute approximate surface area is 173 Å². The van der Waals surface area contributed by atoms with E-state index in [9.17, 15) is 9.18 Å². The third-order valence-electron chi connectivity index (χ3n) is 4.98. The van der Waals surface area contributed by atoms with Gasteiger partial charge in [0.1, 0.15) is 11.6 Å². The van der Waals surface area contributed by atoms with E-state index in [-0.39, 0.29) is 17.8 Å². The standard InChI is InChI=1S/C22H23FN4OS/c1-16-24-25-22(26(16)13-17-5-3-2-4-6-17)29-15-21(28)27(20-11-12-20)14-18-7-9-19(23)10-8-18/h2-10,20H,11-15H2,1H3. The van der Waals surface area contributed by atoms with E-state index in [2.05, 4.69) is 22.3 Å². The van der Waals surface area contributed by atoms with Crippen LogP contribution in [-0.2, 0) is 17.9 Å². The highest BCUT2D eigenvalue weighted by Gasteiger charge is 2.32. The van der Waals surface area contributed by atoms with Crippen molar-refractivity contribution >= 4 is 17.7 Å². The van der Waals surface area contributed by atoms with Crippen LogP contribution >= 0.6 is 11.8 Å². The quantitative estimate of drug-likeness (QED) is 0.526. The Morgan fingerprint density at radius 2 is 1.83 bits per heavy atom. The molecule has 2 aromatic carbocycles. The molecule has 1 fully saturated rings. The minimum atomic E-state index is -0.262. The number of hydrogen-bond donors (Lipinski definition) is 0. The van der Waals surface area contributed by atoms with Crippen molar-refractivity contribution in [3.63, 3.8) is 0 Å². The summed E-state index contributed by atoms with van der Waals surface area (Å²) in [6.45, 7) is 3.12. The molecule has 0 aliphatic heterocycles. The van der Waals surface area contributed by atoms with E-state index < -0.39 is 0 Å². The predicted octanol–water partition coefficient (Wildman–Crippen LogP) is 4.06. The minimum absolute atomic E-state index is 0.0775. The molecule has 1 aromatic heterocycles. The van der Waals surface area contributed by atoms with E-state index in [4.69, 9.17) is 0 Å². The predicted molar refractivity (Wildman–Crippen MR) is 111 cm³/mol. The number of aromatic nitrogens is 3. The molecule has 7 heteroatoms. The summed E-state index contributed by atoms with van der Waals surface area (Å²) in [6.07, 6.45) is 2.06. The average molecular weight is 411 g/mol. The minimum Gasteiger partial charge on any atom is -0.335 e. The van der Waals surface area contributed by atoms with Gasteiger partial charge < -0.3 is 9.47 Å². The van der Waals surface area contributed by atoms with E-state index in [0.29, 0.717) is 18.8 Å². The Morgan fingerprint density at radius 3 is 2.52 bits per heavy atom. The molecule has 0 N–H and O–H groups in total. The number of benzene rings is 2. The first-order chi connectivity index (χ1) is 14.1. The van der Waals surface area contributed by atoms with Crippen LogP contribution in [0.15, 0.2) is 59.8 Å². The van der Waals surface area contributed by atoms with E-state index in [1.807, 2.05) is 34.6 Å². The van der Waals surface area contributed by atoms with Gasteiger partial charge in [0.15, 0.2) is 5.16 Å². The lowest BCUT2D eigenvalue weighted by atomic mass is 10.2. The smallest absolute Gasteiger partial charge is 0.233 e. The monoisotopic (exact) mass is 410 g/mol. The molecule has 3 aromatic rings. The molecule has 0 spiro atoms. The third kappa shape index (κ3) is 5.03. The number of hydrogen-bond acceptors (Lipinski definition) is 4. The first-order valence-electron chi connectivity index (χ1n) is 9.70. The van der Waals surface area contributed by atoms with Gasteiger partial charge in [-0.1, -0.05) is 54.2 Å². The van der Waals surface area contributed by atoms with Crippen LogP contribution < -0.4 is 0 Å². The largest absolute Gasteiger partial charge is 0.335 e. The summed E-state index contributed by atoms with van der Waals surface area (Å²) in [5.74, 6) is 0.953. The van der Waals surface area contributed by atoms with Crippen molar-refractivity contribution in [1.82, 2.24) is 19.7 Å². The summed E-state index contributed by atoms with van der Waals surface area (Å²) in [7, 11) is 0. The van der Waals surface area contributed by atoms with E-state index in [1.54, 1.807) is 12.1 Å². The lowest BCUT2D eigenvalue weighted by molar-refractivity contribution is -0.129. The summed E-state index contributed by atoms with van der Waals surface area (Å²) in [5, 5.41) is 9.20.